The van der Waals surface area contributed by atoms with E-state index in [1.54, 1.807) is 0 Å². The van der Waals surface area contributed by atoms with Crippen LogP contribution in [0.4, 0.5) is 0 Å². The molecule has 1 rings (SSSR count). The summed E-state index contributed by atoms with van der Waals surface area (Å²) in [6, 6.07) is 0.700. The van der Waals surface area contributed by atoms with Gasteiger partial charge in [0.15, 0.2) is 0 Å². The molecule has 0 radical (unpaired) electrons. The molecule has 0 heterocycles. The van der Waals surface area contributed by atoms with Crippen molar-refractivity contribution in [3.8, 4) is 0 Å². The molecule has 0 bridgehead atoms. The van der Waals surface area contributed by atoms with Crippen molar-refractivity contribution in [2.45, 2.75) is 25.8 Å². The number of hydrogen-bond donors (Lipinski definition) is 1. The summed E-state index contributed by atoms with van der Waals surface area (Å²) in [4.78, 5) is 0. The third kappa shape index (κ3) is 2.31. The second-order valence-electron chi connectivity index (χ2n) is 3.17. The second kappa shape index (κ2) is 3.40. The van der Waals surface area contributed by atoms with Crippen molar-refractivity contribution >= 4 is 11.6 Å². The minimum absolute atomic E-state index is 0.700. The van der Waals surface area contributed by atoms with E-state index in [-0.39, 0.29) is 0 Å². The molecule has 0 unspecified atom stereocenters. The van der Waals surface area contributed by atoms with Crippen LogP contribution >= 0.6 is 11.6 Å². The summed E-state index contributed by atoms with van der Waals surface area (Å²) in [6.07, 6.45) is 2.59. The van der Waals surface area contributed by atoms with Gasteiger partial charge in [-0.1, -0.05) is 25.1 Å². The van der Waals surface area contributed by atoms with E-state index in [1.165, 1.54) is 12.8 Å². The lowest BCUT2D eigenvalue weighted by atomic mass is 9.82. The van der Waals surface area contributed by atoms with Crippen LogP contribution in [0.1, 0.15) is 19.8 Å². The molecule has 1 fully saturated rings. The van der Waals surface area contributed by atoms with Crippen LogP contribution in [0.15, 0.2) is 11.6 Å². The fraction of sp³-hybridized carbons (Fsp3) is 0.750. The Morgan fingerprint density at radius 2 is 2.30 bits per heavy atom. The Kier molecular flexibility index (Phi) is 2.75. The molecule has 0 atom stereocenters. The Morgan fingerprint density at radius 3 is 2.70 bits per heavy atom. The summed E-state index contributed by atoms with van der Waals surface area (Å²) in [6.45, 7) is 6.64. The third-order valence-corrected chi connectivity index (χ3v) is 2.09. The molecule has 1 aliphatic carbocycles. The second-order valence-corrected chi connectivity index (χ2v) is 3.71. The van der Waals surface area contributed by atoms with Crippen molar-refractivity contribution in [2.75, 3.05) is 6.54 Å². The molecule has 1 saturated carbocycles. The fourth-order valence-corrected chi connectivity index (χ4v) is 1.40. The van der Waals surface area contributed by atoms with Gasteiger partial charge in [0.1, 0.15) is 0 Å². The highest BCUT2D eigenvalue weighted by Crippen LogP contribution is 2.26. The van der Waals surface area contributed by atoms with Gasteiger partial charge in [-0.3, -0.25) is 0 Å². The summed E-state index contributed by atoms with van der Waals surface area (Å²) < 4.78 is 0. The van der Waals surface area contributed by atoms with Crippen molar-refractivity contribution in [1.82, 2.24) is 5.32 Å². The maximum atomic E-state index is 5.58. The van der Waals surface area contributed by atoms with Gasteiger partial charge in [0.2, 0.25) is 0 Å². The SMILES string of the molecule is C=C(Cl)CNC1CC(C)C1. The highest BCUT2D eigenvalue weighted by Gasteiger charge is 2.24. The molecule has 0 aromatic heterocycles. The smallest absolute Gasteiger partial charge is 0.0310 e. The number of nitrogens with one attached hydrogen (secondary N) is 1. The molecule has 0 spiro atoms. The first-order chi connectivity index (χ1) is 4.68. The Balaban J connectivity index is 2.00. The predicted molar refractivity (Wildman–Crippen MR) is 45.2 cm³/mol. The van der Waals surface area contributed by atoms with Crippen LogP contribution < -0.4 is 5.32 Å². The van der Waals surface area contributed by atoms with Gasteiger partial charge in [-0.05, 0) is 18.8 Å². The minimum atomic E-state index is 0.700. The molecule has 0 amide bonds. The number of halogens is 1. The molecule has 0 aromatic rings. The van der Waals surface area contributed by atoms with E-state index in [0.29, 0.717) is 11.1 Å². The van der Waals surface area contributed by atoms with E-state index in [4.69, 9.17) is 11.6 Å². The van der Waals surface area contributed by atoms with Gasteiger partial charge in [-0.2, -0.15) is 0 Å². The Bertz CT molecular complexity index is 127. The number of hydrogen-bond acceptors (Lipinski definition) is 1. The maximum Gasteiger partial charge on any atom is 0.0310 e. The van der Waals surface area contributed by atoms with Gasteiger partial charge in [0.25, 0.3) is 0 Å². The first-order valence-electron chi connectivity index (χ1n) is 3.75. The average Bonchev–Trinajstić information content (AvgIpc) is 1.77. The topological polar surface area (TPSA) is 12.0 Å². The van der Waals surface area contributed by atoms with Crippen LogP contribution in [0.25, 0.3) is 0 Å². The molecule has 0 aliphatic heterocycles. The standard InChI is InChI=1S/C8H14ClN/c1-6-3-8(4-6)10-5-7(2)9/h6,8,10H,2-5H2,1H3. The van der Waals surface area contributed by atoms with Crippen molar-refractivity contribution in [3.05, 3.63) is 11.6 Å². The van der Waals surface area contributed by atoms with E-state index in [9.17, 15) is 0 Å². The zero-order chi connectivity index (χ0) is 7.56. The lowest BCUT2D eigenvalue weighted by Gasteiger charge is -2.33. The molecule has 58 valence electrons. The van der Waals surface area contributed by atoms with Gasteiger partial charge >= 0.3 is 0 Å². The van der Waals surface area contributed by atoms with Crippen LogP contribution in [-0.4, -0.2) is 12.6 Å². The first kappa shape index (κ1) is 8.09. The first-order valence-corrected chi connectivity index (χ1v) is 4.13. The van der Waals surface area contributed by atoms with E-state index < -0.39 is 0 Å². The summed E-state index contributed by atoms with van der Waals surface area (Å²) in [7, 11) is 0. The van der Waals surface area contributed by atoms with Crippen LogP contribution in [0.5, 0.6) is 0 Å². The van der Waals surface area contributed by atoms with Crippen molar-refractivity contribution in [1.29, 1.82) is 0 Å². The zero-order valence-electron chi connectivity index (χ0n) is 6.36. The van der Waals surface area contributed by atoms with Crippen LogP contribution in [0, 0.1) is 5.92 Å². The Labute approximate surface area is 67.5 Å². The number of rotatable bonds is 3. The van der Waals surface area contributed by atoms with Crippen LogP contribution in [0.2, 0.25) is 0 Å². The molecule has 1 N–H and O–H groups in total. The van der Waals surface area contributed by atoms with Gasteiger partial charge in [0.05, 0.1) is 0 Å². The van der Waals surface area contributed by atoms with Gasteiger partial charge in [-0.15, -0.1) is 0 Å². The van der Waals surface area contributed by atoms with E-state index >= 15 is 0 Å². The fourth-order valence-electron chi connectivity index (χ4n) is 1.32. The molecule has 10 heavy (non-hydrogen) atoms. The summed E-state index contributed by atoms with van der Waals surface area (Å²) in [5.74, 6) is 0.904. The quantitative estimate of drug-likeness (QED) is 0.666. The van der Waals surface area contributed by atoms with Crippen LogP contribution in [-0.2, 0) is 0 Å². The minimum Gasteiger partial charge on any atom is -0.309 e. The van der Waals surface area contributed by atoms with Crippen molar-refractivity contribution < 1.29 is 0 Å². The summed E-state index contributed by atoms with van der Waals surface area (Å²) >= 11 is 5.58. The highest BCUT2D eigenvalue weighted by atomic mass is 35.5. The molecule has 0 aromatic carbocycles. The lowest BCUT2D eigenvalue weighted by molar-refractivity contribution is 0.248. The summed E-state index contributed by atoms with van der Waals surface area (Å²) in [5.41, 5.74) is 0. The lowest BCUT2D eigenvalue weighted by Crippen LogP contribution is -2.40. The largest absolute Gasteiger partial charge is 0.309 e. The van der Waals surface area contributed by atoms with Gasteiger partial charge < -0.3 is 5.32 Å². The normalized spacial score (nSPS) is 31.4. The predicted octanol–water partition coefficient (Wildman–Crippen LogP) is 2.13. The Morgan fingerprint density at radius 1 is 1.70 bits per heavy atom. The van der Waals surface area contributed by atoms with E-state index in [1.807, 2.05) is 0 Å². The molecule has 2 heteroatoms. The van der Waals surface area contributed by atoms with Crippen LogP contribution in [0.3, 0.4) is 0 Å². The zero-order valence-corrected chi connectivity index (χ0v) is 7.12. The molecular weight excluding hydrogens is 146 g/mol. The molecular formula is C8H14ClN. The van der Waals surface area contributed by atoms with Gasteiger partial charge in [0, 0.05) is 17.6 Å². The molecule has 0 saturated heterocycles. The monoisotopic (exact) mass is 159 g/mol. The Hall–Kier alpha value is -0.0100. The summed E-state index contributed by atoms with van der Waals surface area (Å²) in [5, 5.41) is 4.03. The van der Waals surface area contributed by atoms with E-state index in [0.717, 1.165) is 12.5 Å². The van der Waals surface area contributed by atoms with E-state index in [2.05, 4.69) is 18.8 Å². The molecule has 1 nitrogen and oxygen atoms in total. The van der Waals surface area contributed by atoms with Crippen molar-refractivity contribution in [3.63, 3.8) is 0 Å². The molecule has 1 aliphatic rings. The average molecular weight is 160 g/mol. The highest BCUT2D eigenvalue weighted by molar-refractivity contribution is 6.29. The van der Waals surface area contributed by atoms with Crippen molar-refractivity contribution in [2.24, 2.45) is 5.92 Å². The van der Waals surface area contributed by atoms with Gasteiger partial charge in [-0.25, -0.2) is 0 Å². The maximum absolute atomic E-state index is 5.58. The third-order valence-electron chi connectivity index (χ3n) is 1.96.